The van der Waals surface area contributed by atoms with E-state index in [1.807, 2.05) is 31.2 Å². The van der Waals surface area contributed by atoms with Crippen LogP contribution in [0.1, 0.15) is 40.9 Å². The number of carbonyl (C=O) groups is 1. The number of carbonyl (C=O) groups excluding carboxylic acids is 1. The van der Waals surface area contributed by atoms with E-state index in [1.54, 1.807) is 0 Å². The summed E-state index contributed by atoms with van der Waals surface area (Å²) in [5, 5.41) is 4.28. The molecule has 2 aromatic carbocycles. The molecular weight excluding hydrogens is 346 g/mol. The van der Waals surface area contributed by atoms with Crippen molar-refractivity contribution in [2.45, 2.75) is 38.6 Å². The van der Waals surface area contributed by atoms with Gasteiger partial charge in [0.25, 0.3) is 5.91 Å². The predicted molar refractivity (Wildman–Crippen MR) is 115 cm³/mol. The average Bonchev–Trinajstić information content (AvgIpc) is 3.06. The smallest absolute Gasteiger partial charge is 0.253 e. The van der Waals surface area contributed by atoms with Gasteiger partial charge in [-0.05, 0) is 50.8 Å². The van der Waals surface area contributed by atoms with Gasteiger partial charge in [0.05, 0.1) is 5.56 Å². The number of nitrogens with one attached hydrogen (secondary N) is 2. The zero-order valence-corrected chi connectivity index (χ0v) is 16.6. The normalized spacial score (nSPS) is 15.8. The van der Waals surface area contributed by atoms with E-state index in [0.29, 0.717) is 0 Å². The van der Waals surface area contributed by atoms with Gasteiger partial charge in [-0.25, -0.2) is 0 Å². The molecule has 2 N–H and O–H groups in total. The summed E-state index contributed by atoms with van der Waals surface area (Å²) in [6.07, 6.45) is 4.38. The minimum Gasteiger partial charge on any atom is -0.358 e. The molecule has 0 radical (unpaired) electrons. The summed E-state index contributed by atoms with van der Waals surface area (Å²) in [5.41, 5.74) is 4.18. The number of aromatic amines is 1. The summed E-state index contributed by atoms with van der Waals surface area (Å²) < 4.78 is 0. The van der Waals surface area contributed by atoms with Gasteiger partial charge in [0.2, 0.25) is 0 Å². The molecule has 0 unspecified atom stereocenters. The number of likely N-dealkylation sites (tertiary alicyclic amines) is 1. The van der Waals surface area contributed by atoms with E-state index in [2.05, 4.69) is 45.5 Å². The number of piperidine rings is 1. The largest absolute Gasteiger partial charge is 0.358 e. The van der Waals surface area contributed by atoms with E-state index in [-0.39, 0.29) is 11.9 Å². The highest BCUT2D eigenvalue weighted by molar-refractivity contribution is 6.08. The van der Waals surface area contributed by atoms with E-state index in [0.717, 1.165) is 61.1 Å². The minimum atomic E-state index is 0.0532. The summed E-state index contributed by atoms with van der Waals surface area (Å²) in [4.78, 5) is 18.7. The Labute approximate surface area is 166 Å². The zero-order chi connectivity index (χ0) is 19.3. The molecule has 4 heteroatoms. The van der Waals surface area contributed by atoms with E-state index in [1.165, 1.54) is 12.0 Å². The van der Waals surface area contributed by atoms with E-state index < -0.39 is 0 Å². The molecule has 0 aliphatic carbocycles. The summed E-state index contributed by atoms with van der Waals surface area (Å²) >= 11 is 0. The third-order valence-electron chi connectivity index (χ3n) is 5.83. The zero-order valence-electron chi connectivity index (χ0n) is 16.6. The van der Waals surface area contributed by atoms with Crippen LogP contribution in [0.2, 0.25) is 0 Å². The number of hydrogen-bond acceptors (Lipinski definition) is 2. The first-order valence-corrected chi connectivity index (χ1v) is 10.3. The first-order valence-electron chi connectivity index (χ1n) is 10.3. The van der Waals surface area contributed by atoms with Gasteiger partial charge < -0.3 is 15.2 Å². The maximum atomic E-state index is 12.9. The number of H-pyrrole nitrogens is 1. The van der Waals surface area contributed by atoms with Crippen molar-refractivity contribution in [3.8, 4) is 0 Å². The Hall–Kier alpha value is -2.59. The van der Waals surface area contributed by atoms with Crippen LogP contribution in [0.3, 0.4) is 0 Å². The second-order valence-corrected chi connectivity index (χ2v) is 7.85. The monoisotopic (exact) mass is 375 g/mol. The lowest BCUT2D eigenvalue weighted by Gasteiger charge is -2.32. The summed E-state index contributed by atoms with van der Waals surface area (Å²) in [6, 6.07) is 19.0. The van der Waals surface area contributed by atoms with Gasteiger partial charge in [0.15, 0.2) is 0 Å². The molecule has 1 fully saturated rings. The summed E-state index contributed by atoms with van der Waals surface area (Å²) in [5.74, 6) is 0.0532. The lowest BCUT2D eigenvalue weighted by Crippen LogP contribution is -2.45. The highest BCUT2D eigenvalue weighted by atomic mass is 16.1. The Morgan fingerprint density at radius 1 is 1.07 bits per heavy atom. The topological polar surface area (TPSA) is 48.1 Å². The summed E-state index contributed by atoms with van der Waals surface area (Å²) in [6.45, 7) is 5.24. The van der Waals surface area contributed by atoms with Gasteiger partial charge in [-0.3, -0.25) is 4.79 Å². The van der Waals surface area contributed by atoms with Crippen LogP contribution in [-0.2, 0) is 6.42 Å². The maximum Gasteiger partial charge on any atom is 0.253 e. The van der Waals surface area contributed by atoms with Crippen molar-refractivity contribution in [3.63, 3.8) is 0 Å². The van der Waals surface area contributed by atoms with Gasteiger partial charge in [-0.15, -0.1) is 0 Å². The lowest BCUT2D eigenvalue weighted by molar-refractivity contribution is 0.0912. The van der Waals surface area contributed by atoms with Crippen LogP contribution in [0.15, 0.2) is 54.6 Å². The van der Waals surface area contributed by atoms with Crippen LogP contribution >= 0.6 is 0 Å². The molecular formula is C24H29N3O. The Morgan fingerprint density at radius 3 is 2.57 bits per heavy atom. The Balaban J connectivity index is 1.26. The van der Waals surface area contributed by atoms with Crippen LogP contribution in [0.5, 0.6) is 0 Å². The minimum absolute atomic E-state index is 0.0532. The standard InChI is InChI=1S/C24H29N3O/c1-18-23(21-11-5-6-12-22(21)25-18)24(28)26-20-13-16-27(17-14-20)15-7-10-19-8-3-2-4-9-19/h2-6,8-9,11-12,20,25H,7,10,13-17H2,1H3,(H,26,28). The molecule has 0 bridgehead atoms. The molecule has 1 aliphatic heterocycles. The fourth-order valence-corrected chi connectivity index (χ4v) is 4.28. The molecule has 4 rings (SSSR count). The van der Waals surface area contributed by atoms with Crippen molar-refractivity contribution in [2.24, 2.45) is 0 Å². The molecule has 4 nitrogen and oxygen atoms in total. The molecule has 3 aromatic rings. The number of nitrogens with zero attached hydrogens (tertiary/aromatic N) is 1. The fourth-order valence-electron chi connectivity index (χ4n) is 4.28. The van der Waals surface area contributed by atoms with Gasteiger partial charge in [-0.1, -0.05) is 48.5 Å². The van der Waals surface area contributed by atoms with Crippen LogP contribution in [0, 0.1) is 6.92 Å². The van der Waals surface area contributed by atoms with Crippen LogP contribution in [0.25, 0.3) is 10.9 Å². The predicted octanol–water partition coefficient (Wildman–Crippen LogP) is 4.30. The molecule has 0 atom stereocenters. The molecule has 28 heavy (non-hydrogen) atoms. The van der Waals surface area contributed by atoms with Crippen molar-refractivity contribution in [2.75, 3.05) is 19.6 Å². The molecule has 0 spiro atoms. The van der Waals surface area contributed by atoms with Gasteiger partial charge in [-0.2, -0.15) is 0 Å². The highest BCUT2D eigenvalue weighted by Crippen LogP contribution is 2.22. The fraction of sp³-hybridized carbons (Fsp3) is 0.375. The Morgan fingerprint density at radius 2 is 1.79 bits per heavy atom. The second-order valence-electron chi connectivity index (χ2n) is 7.85. The SMILES string of the molecule is Cc1[nH]c2ccccc2c1C(=O)NC1CCN(CCCc2ccccc2)CC1. The maximum absolute atomic E-state index is 12.9. The number of para-hydroxylation sites is 1. The highest BCUT2D eigenvalue weighted by Gasteiger charge is 2.23. The quantitative estimate of drug-likeness (QED) is 0.675. The third kappa shape index (κ3) is 4.28. The molecule has 1 saturated heterocycles. The number of amides is 1. The average molecular weight is 376 g/mol. The first-order chi connectivity index (χ1) is 13.7. The van der Waals surface area contributed by atoms with E-state index in [9.17, 15) is 4.79 Å². The van der Waals surface area contributed by atoms with Crippen LogP contribution in [0.4, 0.5) is 0 Å². The number of hydrogen-bond donors (Lipinski definition) is 2. The van der Waals surface area contributed by atoms with Gasteiger partial charge in [0.1, 0.15) is 0 Å². The van der Waals surface area contributed by atoms with Crippen molar-refractivity contribution in [3.05, 3.63) is 71.4 Å². The summed E-state index contributed by atoms with van der Waals surface area (Å²) in [7, 11) is 0. The van der Waals surface area contributed by atoms with Gasteiger partial charge >= 0.3 is 0 Å². The Bertz CT molecular complexity index is 923. The van der Waals surface area contributed by atoms with E-state index >= 15 is 0 Å². The number of benzene rings is 2. The second kappa shape index (κ2) is 8.61. The molecule has 146 valence electrons. The number of rotatable bonds is 6. The van der Waals surface area contributed by atoms with Crippen molar-refractivity contribution >= 4 is 16.8 Å². The van der Waals surface area contributed by atoms with Crippen molar-refractivity contribution in [1.29, 1.82) is 0 Å². The molecule has 1 amide bonds. The number of aromatic nitrogens is 1. The van der Waals surface area contributed by atoms with Crippen LogP contribution < -0.4 is 5.32 Å². The molecule has 2 heterocycles. The molecule has 1 aliphatic rings. The first kappa shape index (κ1) is 18.8. The lowest BCUT2D eigenvalue weighted by atomic mass is 10.0. The Kier molecular flexibility index (Phi) is 5.77. The number of fused-ring (bicyclic) bond motifs is 1. The third-order valence-corrected chi connectivity index (χ3v) is 5.83. The van der Waals surface area contributed by atoms with Gasteiger partial charge in [0, 0.05) is 35.7 Å². The molecule has 1 aromatic heterocycles. The van der Waals surface area contributed by atoms with Crippen molar-refractivity contribution < 1.29 is 4.79 Å². The number of aryl methyl sites for hydroxylation is 2. The van der Waals surface area contributed by atoms with E-state index in [4.69, 9.17) is 0 Å². The van der Waals surface area contributed by atoms with Crippen molar-refractivity contribution in [1.82, 2.24) is 15.2 Å². The molecule has 0 saturated carbocycles. The van der Waals surface area contributed by atoms with Crippen LogP contribution in [-0.4, -0.2) is 41.5 Å².